The van der Waals surface area contributed by atoms with Gasteiger partial charge < -0.3 is 15.0 Å². The van der Waals surface area contributed by atoms with Crippen LogP contribution >= 0.6 is 39.1 Å². The lowest BCUT2D eigenvalue weighted by Gasteiger charge is -2.31. The maximum absolute atomic E-state index is 13.1. The van der Waals surface area contributed by atoms with Crippen molar-refractivity contribution in [3.05, 3.63) is 62.5 Å². The van der Waals surface area contributed by atoms with Gasteiger partial charge in [0.25, 0.3) is 5.91 Å². The van der Waals surface area contributed by atoms with E-state index in [4.69, 9.17) is 27.9 Å². The Bertz CT molecular complexity index is 842. The number of carbonyl (C=O) groups is 2. The summed E-state index contributed by atoms with van der Waals surface area (Å²) in [6.45, 7) is 4.28. The number of amides is 2. The van der Waals surface area contributed by atoms with Crippen molar-refractivity contribution in [2.45, 2.75) is 39.3 Å². The van der Waals surface area contributed by atoms with Crippen LogP contribution in [0.15, 0.2) is 46.9 Å². The van der Waals surface area contributed by atoms with E-state index in [1.165, 1.54) is 4.90 Å². The highest BCUT2D eigenvalue weighted by molar-refractivity contribution is 9.10. The smallest absolute Gasteiger partial charge is 0.261 e. The molecule has 0 radical (unpaired) electrons. The number of hydrogen-bond donors (Lipinski definition) is 1. The third kappa shape index (κ3) is 6.89. The SMILES string of the molecule is CCCNC(=O)[C@H](CC)N(Cc1c(Cl)cccc1Cl)C(=O)COc1ccc(Br)cc1. The number of nitrogens with zero attached hydrogens (tertiary/aromatic N) is 1. The average molecular weight is 516 g/mol. The van der Waals surface area contributed by atoms with Gasteiger partial charge in [0.2, 0.25) is 5.91 Å². The van der Waals surface area contributed by atoms with Crippen molar-refractivity contribution in [1.82, 2.24) is 10.2 Å². The first-order chi connectivity index (χ1) is 14.4. The molecule has 1 N–H and O–H groups in total. The van der Waals surface area contributed by atoms with Crippen LogP contribution in [0.5, 0.6) is 5.75 Å². The standard InChI is InChI=1S/C22H25BrCl2N2O3/c1-3-12-26-22(29)20(4-2)27(13-17-18(24)6-5-7-19(17)25)21(28)14-30-16-10-8-15(23)9-11-16/h5-11,20H,3-4,12-14H2,1-2H3,(H,26,29)/t20-/m0/s1. The molecule has 0 aromatic heterocycles. The molecule has 0 heterocycles. The maximum Gasteiger partial charge on any atom is 0.261 e. The molecular formula is C22H25BrCl2N2O3. The topological polar surface area (TPSA) is 58.6 Å². The zero-order valence-electron chi connectivity index (χ0n) is 17.0. The molecule has 0 aliphatic carbocycles. The van der Waals surface area contributed by atoms with Gasteiger partial charge in [0.05, 0.1) is 0 Å². The van der Waals surface area contributed by atoms with E-state index in [-0.39, 0.29) is 25.0 Å². The predicted octanol–water partition coefficient (Wildman–Crippen LogP) is 5.47. The molecule has 162 valence electrons. The Morgan fingerprint density at radius 2 is 1.73 bits per heavy atom. The van der Waals surface area contributed by atoms with Crippen LogP contribution in [0.25, 0.3) is 0 Å². The fraction of sp³-hybridized carbons (Fsp3) is 0.364. The van der Waals surface area contributed by atoms with Gasteiger partial charge in [0, 0.05) is 33.2 Å². The number of rotatable bonds is 10. The van der Waals surface area contributed by atoms with E-state index in [1.807, 2.05) is 26.0 Å². The van der Waals surface area contributed by atoms with Crippen molar-refractivity contribution in [2.75, 3.05) is 13.2 Å². The molecule has 0 unspecified atom stereocenters. The first-order valence-corrected chi connectivity index (χ1v) is 11.3. The van der Waals surface area contributed by atoms with Gasteiger partial charge in [0.15, 0.2) is 6.61 Å². The van der Waals surface area contributed by atoms with Crippen LogP contribution in [0.4, 0.5) is 0 Å². The summed E-state index contributed by atoms with van der Waals surface area (Å²) in [6, 6.07) is 11.7. The van der Waals surface area contributed by atoms with Gasteiger partial charge >= 0.3 is 0 Å². The highest BCUT2D eigenvalue weighted by Crippen LogP contribution is 2.27. The van der Waals surface area contributed by atoms with Crippen LogP contribution in [0.1, 0.15) is 32.3 Å². The molecule has 0 fully saturated rings. The van der Waals surface area contributed by atoms with E-state index < -0.39 is 6.04 Å². The maximum atomic E-state index is 13.1. The van der Waals surface area contributed by atoms with Gasteiger partial charge in [0.1, 0.15) is 11.8 Å². The molecule has 30 heavy (non-hydrogen) atoms. The summed E-state index contributed by atoms with van der Waals surface area (Å²) in [7, 11) is 0. The summed E-state index contributed by atoms with van der Waals surface area (Å²) >= 11 is 16.0. The van der Waals surface area contributed by atoms with E-state index in [0.717, 1.165) is 10.9 Å². The summed E-state index contributed by atoms with van der Waals surface area (Å²) in [5.41, 5.74) is 0.597. The molecule has 0 bridgehead atoms. The number of nitrogens with one attached hydrogen (secondary N) is 1. The van der Waals surface area contributed by atoms with Crippen molar-refractivity contribution in [1.29, 1.82) is 0 Å². The normalized spacial score (nSPS) is 11.6. The second-order valence-electron chi connectivity index (χ2n) is 6.68. The minimum absolute atomic E-state index is 0.110. The van der Waals surface area contributed by atoms with E-state index >= 15 is 0 Å². The van der Waals surface area contributed by atoms with Crippen molar-refractivity contribution in [3.8, 4) is 5.75 Å². The molecule has 8 heteroatoms. The van der Waals surface area contributed by atoms with Crippen molar-refractivity contribution in [2.24, 2.45) is 0 Å². The number of hydrogen-bond acceptors (Lipinski definition) is 3. The molecule has 2 aromatic rings. The van der Waals surface area contributed by atoms with Crippen LogP contribution in [0.3, 0.4) is 0 Å². The van der Waals surface area contributed by atoms with Gasteiger partial charge in [-0.1, -0.05) is 59.0 Å². The minimum atomic E-state index is -0.662. The molecule has 0 aliphatic heterocycles. The van der Waals surface area contributed by atoms with Crippen LogP contribution in [0.2, 0.25) is 10.0 Å². The van der Waals surface area contributed by atoms with E-state index in [0.29, 0.717) is 34.3 Å². The van der Waals surface area contributed by atoms with Gasteiger partial charge in [-0.2, -0.15) is 0 Å². The van der Waals surface area contributed by atoms with Crippen molar-refractivity contribution in [3.63, 3.8) is 0 Å². The zero-order chi connectivity index (χ0) is 22.1. The largest absolute Gasteiger partial charge is 0.484 e. The van der Waals surface area contributed by atoms with Crippen molar-refractivity contribution < 1.29 is 14.3 Å². The third-order valence-corrected chi connectivity index (χ3v) is 5.74. The predicted molar refractivity (Wildman–Crippen MR) is 124 cm³/mol. The first-order valence-electron chi connectivity index (χ1n) is 9.75. The Hall–Kier alpha value is -1.76. The average Bonchev–Trinajstić information content (AvgIpc) is 2.73. The third-order valence-electron chi connectivity index (χ3n) is 4.50. The quantitative estimate of drug-likeness (QED) is 0.456. The molecule has 0 aliphatic rings. The summed E-state index contributed by atoms with van der Waals surface area (Å²) in [5.74, 6) is 0.0256. The second-order valence-corrected chi connectivity index (χ2v) is 8.41. The molecular weight excluding hydrogens is 491 g/mol. The second kappa shape index (κ2) is 12.2. The van der Waals surface area contributed by atoms with E-state index in [1.54, 1.807) is 30.3 Å². The highest BCUT2D eigenvalue weighted by Gasteiger charge is 2.29. The Kier molecular flexibility index (Phi) is 9.95. The Morgan fingerprint density at radius 1 is 1.10 bits per heavy atom. The summed E-state index contributed by atoms with van der Waals surface area (Å²) < 4.78 is 6.56. The monoisotopic (exact) mass is 514 g/mol. The summed E-state index contributed by atoms with van der Waals surface area (Å²) in [6.07, 6.45) is 1.25. The summed E-state index contributed by atoms with van der Waals surface area (Å²) in [4.78, 5) is 27.3. The lowest BCUT2D eigenvalue weighted by atomic mass is 10.1. The van der Waals surface area contributed by atoms with Gasteiger partial charge in [-0.3, -0.25) is 9.59 Å². The molecule has 1 atom stereocenters. The number of benzene rings is 2. The Morgan fingerprint density at radius 3 is 2.30 bits per heavy atom. The fourth-order valence-electron chi connectivity index (χ4n) is 2.90. The number of carbonyl (C=O) groups excluding carboxylic acids is 2. The molecule has 2 rings (SSSR count). The van der Waals surface area contributed by atoms with Crippen LogP contribution in [-0.4, -0.2) is 35.9 Å². The van der Waals surface area contributed by atoms with Crippen LogP contribution in [-0.2, 0) is 16.1 Å². The highest BCUT2D eigenvalue weighted by atomic mass is 79.9. The molecule has 2 amide bonds. The van der Waals surface area contributed by atoms with E-state index in [2.05, 4.69) is 21.2 Å². The Balaban J connectivity index is 2.25. The van der Waals surface area contributed by atoms with Gasteiger partial charge in [-0.25, -0.2) is 0 Å². The Labute approximate surface area is 195 Å². The lowest BCUT2D eigenvalue weighted by Crippen LogP contribution is -2.50. The molecule has 0 spiro atoms. The number of ether oxygens (including phenoxy) is 1. The minimum Gasteiger partial charge on any atom is -0.484 e. The van der Waals surface area contributed by atoms with Gasteiger partial charge in [-0.05, 0) is 49.2 Å². The van der Waals surface area contributed by atoms with Crippen LogP contribution in [0, 0.1) is 0 Å². The molecule has 5 nitrogen and oxygen atoms in total. The van der Waals surface area contributed by atoms with Crippen molar-refractivity contribution >= 4 is 50.9 Å². The van der Waals surface area contributed by atoms with Crippen LogP contribution < -0.4 is 10.1 Å². The number of halogens is 3. The fourth-order valence-corrected chi connectivity index (χ4v) is 3.68. The van der Waals surface area contributed by atoms with Gasteiger partial charge in [-0.15, -0.1) is 0 Å². The summed E-state index contributed by atoms with van der Waals surface area (Å²) in [5, 5.41) is 3.75. The molecule has 0 saturated heterocycles. The molecule has 0 saturated carbocycles. The first kappa shape index (κ1) is 24.5. The molecule has 2 aromatic carbocycles. The lowest BCUT2D eigenvalue weighted by molar-refractivity contribution is -0.143. The zero-order valence-corrected chi connectivity index (χ0v) is 20.1. The van der Waals surface area contributed by atoms with E-state index in [9.17, 15) is 9.59 Å².